The molecule has 7 heteroatoms. The van der Waals surface area contributed by atoms with E-state index in [0.717, 1.165) is 22.6 Å². The summed E-state index contributed by atoms with van der Waals surface area (Å²) in [5.41, 5.74) is 3.36. The van der Waals surface area contributed by atoms with Gasteiger partial charge in [-0.25, -0.2) is 0 Å². The third-order valence-corrected chi connectivity index (χ3v) is 4.93. The minimum atomic E-state index is -0.702. The standard InChI is InChI=1S/C25H28N4O3/c1-18-4-3-5-20(16-18)24(30)29-23(17-19-10-12-26-13-11-19)25(31)28-15-14-27-21-6-8-22(32-2)9-7-21/h3-13,16,23,27H,14-15,17H2,1-2H3,(H,28,31)(H,29,30). The zero-order valence-electron chi connectivity index (χ0n) is 18.3. The molecule has 0 fully saturated rings. The maximum absolute atomic E-state index is 12.9. The molecule has 3 rings (SSSR count). The molecule has 1 heterocycles. The molecule has 2 amide bonds. The maximum atomic E-state index is 12.9. The van der Waals surface area contributed by atoms with Gasteiger partial charge in [0.15, 0.2) is 0 Å². The van der Waals surface area contributed by atoms with Gasteiger partial charge in [-0.05, 0) is 61.0 Å². The Bertz CT molecular complexity index is 1020. The number of hydrogen-bond acceptors (Lipinski definition) is 5. The Labute approximate surface area is 188 Å². The lowest BCUT2D eigenvalue weighted by Crippen LogP contribution is -2.48. The van der Waals surface area contributed by atoms with Gasteiger partial charge in [0.2, 0.25) is 5.91 Å². The van der Waals surface area contributed by atoms with E-state index < -0.39 is 6.04 Å². The van der Waals surface area contributed by atoms with Crippen molar-refractivity contribution in [1.29, 1.82) is 0 Å². The van der Waals surface area contributed by atoms with E-state index in [9.17, 15) is 9.59 Å². The second-order valence-corrected chi connectivity index (χ2v) is 7.40. The molecule has 32 heavy (non-hydrogen) atoms. The Hall–Kier alpha value is -3.87. The lowest BCUT2D eigenvalue weighted by molar-refractivity contribution is -0.122. The van der Waals surface area contributed by atoms with Crippen LogP contribution in [0.3, 0.4) is 0 Å². The molecule has 0 aliphatic heterocycles. The number of ether oxygens (including phenoxy) is 1. The van der Waals surface area contributed by atoms with E-state index in [2.05, 4.69) is 20.9 Å². The molecule has 166 valence electrons. The van der Waals surface area contributed by atoms with Gasteiger partial charge < -0.3 is 20.7 Å². The molecule has 0 bridgehead atoms. The van der Waals surface area contributed by atoms with Gasteiger partial charge in [-0.1, -0.05) is 17.7 Å². The van der Waals surface area contributed by atoms with Crippen LogP contribution in [0.4, 0.5) is 5.69 Å². The Morgan fingerprint density at radius 1 is 1.00 bits per heavy atom. The summed E-state index contributed by atoms with van der Waals surface area (Å²) in [6.07, 6.45) is 3.72. The van der Waals surface area contributed by atoms with Gasteiger partial charge in [0.1, 0.15) is 11.8 Å². The molecule has 1 unspecified atom stereocenters. The van der Waals surface area contributed by atoms with E-state index in [0.29, 0.717) is 25.1 Å². The molecule has 3 N–H and O–H groups in total. The fraction of sp³-hybridized carbons (Fsp3) is 0.240. The Balaban J connectivity index is 1.58. The Morgan fingerprint density at radius 2 is 1.75 bits per heavy atom. The third kappa shape index (κ3) is 6.84. The first kappa shape index (κ1) is 22.8. The molecule has 0 aliphatic carbocycles. The number of rotatable bonds is 10. The molecule has 0 spiro atoms. The van der Waals surface area contributed by atoms with Gasteiger partial charge in [-0.15, -0.1) is 0 Å². The van der Waals surface area contributed by atoms with Gasteiger partial charge >= 0.3 is 0 Å². The first-order valence-electron chi connectivity index (χ1n) is 10.5. The zero-order valence-corrected chi connectivity index (χ0v) is 18.3. The number of nitrogens with one attached hydrogen (secondary N) is 3. The highest BCUT2D eigenvalue weighted by atomic mass is 16.5. The normalized spacial score (nSPS) is 11.3. The van der Waals surface area contributed by atoms with E-state index in [1.165, 1.54) is 0 Å². The van der Waals surface area contributed by atoms with E-state index in [4.69, 9.17) is 4.74 Å². The SMILES string of the molecule is COc1ccc(NCCNC(=O)C(Cc2ccncc2)NC(=O)c2cccc(C)c2)cc1. The largest absolute Gasteiger partial charge is 0.497 e. The summed E-state index contributed by atoms with van der Waals surface area (Å²) >= 11 is 0. The fourth-order valence-corrected chi connectivity index (χ4v) is 3.22. The van der Waals surface area contributed by atoms with Gasteiger partial charge in [0.05, 0.1) is 7.11 Å². The number of nitrogens with zero attached hydrogens (tertiary/aromatic N) is 1. The van der Waals surface area contributed by atoms with Crippen molar-refractivity contribution in [2.75, 3.05) is 25.5 Å². The van der Waals surface area contributed by atoms with Gasteiger partial charge in [-0.3, -0.25) is 14.6 Å². The van der Waals surface area contributed by atoms with Crippen LogP contribution in [0.2, 0.25) is 0 Å². The van der Waals surface area contributed by atoms with Crippen molar-refractivity contribution < 1.29 is 14.3 Å². The van der Waals surface area contributed by atoms with Crippen LogP contribution in [-0.2, 0) is 11.2 Å². The minimum Gasteiger partial charge on any atom is -0.497 e. The predicted octanol–water partition coefficient (Wildman–Crippen LogP) is 2.97. The lowest BCUT2D eigenvalue weighted by atomic mass is 10.1. The molecular formula is C25H28N4O3. The highest BCUT2D eigenvalue weighted by Crippen LogP contribution is 2.14. The Morgan fingerprint density at radius 3 is 2.44 bits per heavy atom. The molecule has 3 aromatic rings. The highest BCUT2D eigenvalue weighted by molar-refractivity contribution is 5.97. The summed E-state index contributed by atoms with van der Waals surface area (Å²) in [6, 6.07) is 17.8. The van der Waals surface area contributed by atoms with Crippen LogP contribution in [0.1, 0.15) is 21.5 Å². The number of pyridine rings is 1. The van der Waals surface area contributed by atoms with E-state index in [1.807, 2.05) is 55.5 Å². The molecule has 2 aromatic carbocycles. The summed E-state index contributed by atoms with van der Waals surface area (Å²) in [5, 5.41) is 9.03. The number of anilines is 1. The average Bonchev–Trinajstić information content (AvgIpc) is 2.82. The molecule has 1 aromatic heterocycles. The maximum Gasteiger partial charge on any atom is 0.251 e. The van der Waals surface area contributed by atoms with Crippen LogP contribution >= 0.6 is 0 Å². The van der Waals surface area contributed by atoms with E-state index in [-0.39, 0.29) is 11.8 Å². The minimum absolute atomic E-state index is 0.237. The zero-order chi connectivity index (χ0) is 22.8. The predicted molar refractivity (Wildman–Crippen MR) is 125 cm³/mol. The van der Waals surface area contributed by atoms with Crippen molar-refractivity contribution >= 4 is 17.5 Å². The molecular weight excluding hydrogens is 404 g/mol. The van der Waals surface area contributed by atoms with Crippen molar-refractivity contribution in [3.8, 4) is 5.75 Å². The third-order valence-electron chi connectivity index (χ3n) is 4.93. The number of aryl methyl sites for hydroxylation is 1. The highest BCUT2D eigenvalue weighted by Gasteiger charge is 2.21. The lowest BCUT2D eigenvalue weighted by Gasteiger charge is -2.19. The molecule has 7 nitrogen and oxygen atoms in total. The van der Waals surface area contributed by atoms with Crippen molar-refractivity contribution in [1.82, 2.24) is 15.6 Å². The number of carbonyl (C=O) groups is 2. The smallest absolute Gasteiger partial charge is 0.251 e. The van der Waals surface area contributed by atoms with Crippen LogP contribution in [0.25, 0.3) is 0 Å². The molecule has 0 aliphatic rings. The average molecular weight is 433 g/mol. The monoisotopic (exact) mass is 432 g/mol. The molecule has 0 radical (unpaired) electrons. The summed E-state index contributed by atoms with van der Waals surface area (Å²) < 4.78 is 5.15. The number of methoxy groups -OCH3 is 1. The summed E-state index contributed by atoms with van der Waals surface area (Å²) in [6.45, 7) is 2.89. The van der Waals surface area contributed by atoms with Crippen LogP contribution in [0.15, 0.2) is 73.1 Å². The van der Waals surface area contributed by atoms with Crippen LogP contribution in [-0.4, -0.2) is 43.0 Å². The number of carbonyl (C=O) groups excluding carboxylic acids is 2. The van der Waals surface area contributed by atoms with Crippen LogP contribution in [0.5, 0.6) is 5.75 Å². The fourth-order valence-electron chi connectivity index (χ4n) is 3.22. The summed E-state index contributed by atoms with van der Waals surface area (Å²) in [4.78, 5) is 29.6. The number of benzene rings is 2. The molecule has 0 saturated carbocycles. The number of aromatic nitrogens is 1. The van der Waals surface area contributed by atoms with E-state index >= 15 is 0 Å². The second kappa shape index (κ2) is 11.5. The molecule has 1 atom stereocenters. The summed E-state index contributed by atoms with van der Waals surface area (Å²) in [7, 11) is 1.62. The second-order valence-electron chi connectivity index (χ2n) is 7.40. The summed E-state index contributed by atoms with van der Waals surface area (Å²) in [5.74, 6) is 0.269. The topological polar surface area (TPSA) is 92.3 Å². The van der Waals surface area contributed by atoms with Crippen molar-refractivity contribution in [3.05, 3.63) is 89.7 Å². The van der Waals surface area contributed by atoms with Crippen molar-refractivity contribution in [2.24, 2.45) is 0 Å². The first-order valence-corrected chi connectivity index (χ1v) is 10.5. The number of amides is 2. The van der Waals surface area contributed by atoms with E-state index in [1.54, 1.807) is 31.6 Å². The first-order chi connectivity index (χ1) is 15.5. The van der Waals surface area contributed by atoms with Gasteiger partial charge in [-0.2, -0.15) is 0 Å². The Kier molecular flexibility index (Phi) is 8.20. The van der Waals surface area contributed by atoms with Gasteiger partial charge in [0.25, 0.3) is 5.91 Å². The van der Waals surface area contributed by atoms with Crippen molar-refractivity contribution in [2.45, 2.75) is 19.4 Å². The quantitative estimate of drug-likeness (QED) is 0.429. The van der Waals surface area contributed by atoms with Gasteiger partial charge in [0, 0.05) is 43.2 Å². The van der Waals surface area contributed by atoms with Crippen molar-refractivity contribution in [3.63, 3.8) is 0 Å². The van der Waals surface area contributed by atoms with Crippen LogP contribution in [0, 0.1) is 6.92 Å². The number of hydrogen-bond donors (Lipinski definition) is 3. The van der Waals surface area contributed by atoms with Crippen LogP contribution < -0.4 is 20.7 Å². The molecule has 0 saturated heterocycles.